The first-order chi connectivity index (χ1) is 9.51. The van der Waals surface area contributed by atoms with Gasteiger partial charge in [-0.2, -0.15) is 0 Å². The quantitative estimate of drug-likeness (QED) is 0.927. The van der Waals surface area contributed by atoms with Gasteiger partial charge in [0.2, 0.25) is 5.88 Å². The van der Waals surface area contributed by atoms with Crippen LogP contribution in [0.15, 0.2) is 35.1 Å². The highest BCUT2D eigenvalue weighted by molar-refractivity contribution is 6.31. The van der Waals surface area contributed by atoms with Crippen LogP contribution in [0.5, 0.6) is 5.88 Å². The van der Waals surface area contributed by atoms with Gasteiger partial charge in [-0.25, -0.2) is 9.48 Å². The van der Waals surface area contributed by atoms with Crippen LogP contribution >= 0.6 is 11.6 Å². The molecule has 6 nitrogen and oxygen atoms in total. The largest absolute Gasteiger partial charge is 0.480 e. The lowest BCUT2D eigenvalue weighted by Gasteiger charge is -2.08. The molecule has 0 aliphatic rings. The van der Waals surface area contributed by atoms with Gasteiger partial charge in [0.25, 0.3) is 5.56 Å². The van der Waals surface area contributed by atoms with Crippen LogP contribution in [-0.2, 0) is 6.54 Å². The Morgan fingerprint density at radius 3 is 2.75 bits per heavy atom. The van der Waals surface area contributed by atoms with Crippen molar-refractivity contribution < 1.29 is 14.6 Å². The van der Waals surface area contributed by atoms with Crippen LogP contribution in [0.3, 0.4) is 0 Å². The maximum absolute atomic E-state index is 11.7. The summed E-state index contributed by atoms with van der Waals surface area (Å²) in [6, 6.07) is 7.12. The van der Waals surface area contributed by atoms with Gasteiger partial charge in [0, 0.05) is 17.2 Å². The van der Waals surface area contributed by atoms with Crippen LogP contribution < -0.4 is 10.3 Å². The fourth-order valence-electron chi connectivity index (χ4n) is 1.62. The maximum Gasteiger partial charge on any atom is 0.335 e. The number of nitrogens with zero attached hydrogens (tertiary/aromatic N) is 2. The monoisotopic (exact) mass is 294 g/mol. The molecule has 0 atom stereocenters. The molecule has 1 heterocycles. The van der Waals surface area contributed by atoms with Crippen molar-refractivity contribution in [3.63, 3.8) is 0 Å². The Bertz CT molecular complexity index is 712. The van der Waals surface area contributed by atoms with Crippen molar-refractivity contribution in [3.05, 3.63) is 56.8 Å². The molecule has 1 N–H and O–H groups in total. The Balaban J connectivity index is 2.35. The van der Waals surface area contributed by atoms with Crippen molar-refractivity contribution in [1.29, 1.82) is 0 Å². The van der Waals surface area contributed by atoms with E-state index in [0.29, 0.717) is 11.4 Å². The molecule has 0 saturated carbocycles. The van der Waals surface area contributed by atoms with Gasteiger partial charge in [0.05, 0.1) is 19.2 Å². The van der Waals surface area contributed by atoms with E-state index >= 15 is 0 Å². The summed E-state index contributed by atoms with van der Waals surface area (Å²) in [5.41, 5.74) is 0.383. The van der Waals surface area contributed by atoms with Crippen molar-refractivity contribution >= 4 is 17.6 Å². The second kappa shape index (κ2) is 5.75. The van der Waals surface area contributed by atoms with E-state index in [1.807, 2.05) is 0 Å². The molecular formula is C13H11ClN2O4. The van der Waals surface area contributed by atoms with E-state index in [-0.39, 0.29) is 22.7 Å². The van der Waals surface area contributed by atoms with Gasteiger partial charge >= 0.3 is 5.97 Å². The number of carboxylic acids is 1. The van der Waals surface area contributed by atoms with Gasteiger partial charge in [-0.15, -0.1) is 5.10 Å². The van der Waals surface area contributed by atoms with E-state index in [2.05, 4.69) is 5.10 Å². The average Bonchev–Trinajstić information content (AvgIpc) is 2.43. The molecule has 7 heteroatoms. The molecule has 0 bridgehead atoms. The summed E-state index contributed by atoms with van der Waals surface area (Å²) >= 11 is 6.01. The molecule has 0 amide bonds. The number of carboxylic acid groups (broad SMARTS) is 1. The van der Waals surface area contributed by atoms with E-state index in [4.69, 9.17) is 21.4 Å². The molecule has 20 heavy (non-hydrogen) atoms. The molecule has 104 valence electrons. The smallest absolute Gasteiger partial charge is 0.335 e. The van der Waals surface area contributed by atoms with Crippen molar-refractivity contribution in [3.8, 4) is 5.88 Å². The normalized spacial score (nSPS) is 10.3. The topological polar surface area (TPSA) is 81.4 Å². The number of hydrogen-bond donors (Lipinski definition) is 1. The predicted molar refractivity (Wildman–Crippen MR) is 72.6 cm³/mol. The molecule has 0 fully saturated rings. The fraction of sp³-hybridized carbons (Fsp3) is 0.154. The number of halogens is 1. The van der Waals surface area contributed by atoms with Gasteiger partial charge < -0.3 is 9.84 Å². The molecular weight excluding hydrogens is 284 g/mol. The van der Waals surface area contributed by atoms with E-state index in [0.717, 1.165) is 0 Å². The molecule has 0 saturated heterocycles. The predicted octanol–water partition coefficient (Wildman–Crippen LogP) is 1.65. The zero-order valence-corrected chi connectivity index (χ0v) is 11.3. The van der Waals surface area contributed by atoms with Crippen molar-refractivity contribution in [2.24, 2.45) is 0 Å². The van der Waals surface area contributed by atoms with Gasteiger partial charge in [-0.3, -0.25) is 4.79 Å². The number of aromatic nitrogens is 2. The molecule has 0 unspecified atom stereocenters. The van der Waals surface area contributed by atoms with Crippen molar-refractivity contribution in [1.82, 2.24) is 9.78 Å². The summed E-state index contributed by atoms with van der Waals surface area (Å²) < 4.78 is 6.14. The number of carbonyl (C=O) groups is 1. The zero-order chi connectivity index (χ0) is 14.7. The van der Waals surface area contributed by atoms with Gasteiger partial charge in [0.15, 0.2) is 0 Å². The van der Waals surface area contributed by atoms with E-state index in [1.54, 1.807) is 6.07 Å². The highest BCUT2D eigenvalue weighted by Gasteiger charge is 2.09. The molecule has 0 radical (unpaired) electrons. The Labute approximate surface area is 119 Å². The van der Waals surface area contributed by atoms with Gasteiger partial charge in [0.1, 0.15) is 0 Å². The van der Waals surface area contributed by atoms with Gasteiger partial charge in [-0.05, 0) is 17.7 Å². The molecule has 1 aromatic heterocycles. The number of ether oxygens (including phenoxy) is 1. The van der Waals surface area contributed by atoms with Crippen molar-refractivity contribution in [2.75, 3.05) is 7.11 Å². The van der Waals surface area contributed by atoms with Crippen LogP contribution in [0.25, 0.3) is 0 Å². The number of methoxy groups -OCH3 is 1. The summed E-state index contributed by atoms with van der Waals surface area (Å²) in [5.74, 6) is -0.752. The standard InChI is InChI=1S/C13H11ClN2O4/c1-20-11-4-5-12(17)16(15-11)7-9-3-2-8(13(18)19)6-10(9)14/h2-6H,7H2,1H3,(H,18,19). The first-order valence-corrected chi connectivity index (χ1v) is 6.03. The lowest BCUT2D eigenvalue weighted by Crippen LogP contribution is -2.22. The second-order valence-electron chi connectivity index (χ2n) is 3.98. The molecule has 0 spiro atoms. The van der Waals surface area contributed by atoms with Crippen LogP contribution in [-0.4, -0.2) is 28.0 Å². The number of rotatable bonds is 4. The Morgan fingerprint density at radius 2 is 2.15 bits per heavy atom. The van der Waals surface area contributed by atoms with Crippen molar-refractivity contribution in [2.45, 2.75) is 6.54 Å². The maximum atomic E-state index is 11.7. The molecule has 0 aliphatic carbocycles. The second-order valence-corrected chi connectivity index (χ2v) is 4.39. The summed E-state index contributed by atoms with van der Waals surface area (Å²) in [5, 5.41) is 13.1. The van der Waals surface area contributed by atoms with Crippen LogP contribution in [0.2, 0.25) is 5.02 Å². The lowest BCUT2D eigenvalue weighted by atomic mass is 10.1. The first kappa shape index (κ1) is 14.1. The Kier molecular flexibility index (Phi) is 4.05. The minimum atomic E-state index is -1.06. The summed E-state index contributed by atoms with van der Waals surface area (Å²) in [7, 11) is 1.45. The summed E-state index contributed by atoms with van der Waals surface area (Å²) in [6.07, 6.45) is 0. The van der Waals surface area contributed by atoms with E-state index in [9.17, 15) is 9.59 Å². The molecule has 0 aliphatic heterocycles. The zero-order valence-electron chi connectivity index (χ0n) is 10.5. The first-order valence-electron chi connectivity index (χ1n) is 5.65. The highest BCUT2D eigenvalue weighted by Crippen LogP contribution is 2.18. The molecule has 2 rings (SSSR count). The minimum Gasteiger partial charge on any atom is -0.480 e. The number of aromatic carboxylic acids is 1. The van der Waals surface area contributed by atoms with Gasteiger partial charge in [-0.1, -0.05) is 17.7 Å². The Hall–Kier alpha value is -2.34. The van der Waals surface area contributed by atoms with E-state index < -0.39 is 5.97 Å². The average molecular weight is 295 g/mol. The third kappa shape index (κ3) is 2.97. The highest BCUT2D eigenvalue weighted by atomic mass is 35.5. The minimum absolute atomic E-state index is 0.0877. The number of hydrogen-bond acceptors (Lipinski definition) is 4. The fourth-order valence-corrected chi connectivity index (χ4v) is 1.86. The number of benzene rings is 1. The molecule has 2 aromatic rings. The molecule has 1 aromatic carbocycles. The lowest BCUT2D eigenvalue weighted by molar-refractivity contribution is 0.0697. The Morgan fingerprint density at radius 1 is 1.40 bits per heavy atom. The SMILES string of the molecule is COc1ccc(=O)n(Cc2ccc(C(=O)O)cc2Cl)n1. The van der Waals surface area contributed by atoms with Crippen LogP contribution in [0, 0.1) is 0 Å². The summed E-state index contributed by atoms with van der Waals surface area (Å²) in [4.78, 5) is 22.5. The van der Waals surface area contributed by atoms with Crippen LogP contribution in [0.4, 0.5) is 0 Å². The third-order valence-corrected chi connectivity index (χ3v) is 3.02. The summed E-state index contributed by atoms with van der Waals surface area (Å²) in [6.45, 7) is 0.134. The van der Waals surface area contributed by atoms with E-state index in [1.165, 1.54) is 36.1 Å². The van der Waals surface area contributed by atoms with Crippen LogP contribution in [0.1, 0.15) is 15.9 Å². The third-order valence-electron chi connectivity index (χ3n) is 2.67.